The Hall–Kier alpha value is -1.00. The smallest absolute Gasteiger partial charge is 0.0724 e. The molecule has 2 heterocycles. The van der Waals surface area contributed by atoms with Gasteiger partial charge in [-0.25, -0.2) is 0 Å². The summed E-state index contributed by atoms with van der Waals surface area (Å²) in [6.45, 7) is 5.22. The van der Waals surface area contributed by atoms with Crippen LogP contribution in [0.4, 0.5) is 0 Å². The fourth-order valence-corrected chi connectivity index (χ4v) is 2.20. The minimum atomic E-state index is 0.628. The van der Waals surface area contributed by atoms with Crippen LogP contribution >= 0.6 is 0 Å². The van der Waals surface area contributed by atoms with E-state index in [1.54, 1.807) is 0 Å². The summed E-state index contributed by atoms with van der Waals surface area (Å²) in [5.41, 5.74) is 2.01. The Kier molecular flexibility index (Phi) is 4.45. The predicted octanol–water partition coefficient (Wildman–Crippen LogP) is 1.36. The van der Waals surface area contributed by atoms with Crippen LogP contribution in [0.3, 0.4) is 0 Å². The summed E-state index contributed by atoms with van der Waals surface area (Å²) in [6, 6.07) is 0.628. The minimum absolute atomic E-state index is 0.628. The molecule has 1 N–H and O–H groups in total. The first-order valence-electron chi connectivity index (χ1n) is 6.43. The van der Waals surface area contributed by atoms with Crippen molar-refractivity contribution in [3.05, 3.63) is 23.8 Å². The van der Waals surface area contributed by atoms with Gasteiger partial charge >= 0.3 is 0 Å². The van der Waals surface area contributed by atoms with Gasteiger partial charge in [0.25, 0.3) is 0 Å². The number of rotatable bonds is 3. The molecular formula is C13H22N4. The van der Waals surface area contributed by atoms with E-state index in [-0.39, 0.29) is 0 Å². The molecule has 1 unspecified atom stereocenters. The summed E-state index contributed by atoms with van der Waals surface area (Å²) in [4.78, 5) is 11.0. The van der Waals surface area contributed by atoms with Crippen molar-refractivity contribution in [3.63, 3.8) is 0 Å². The van der Waals surface area contributed by atoms with Crippen molar-refractivity contribution < 1.29 is 0 Å². The Balaban J connectivity index is 1.79. The van der Waals surface area contributed by atoms with E-state index >= 15 is 0 Å². The van der Waals surface area contributed by atoms with Crippen LogP contribution < -0.4 is 5.32 Å². The lowest BCUT2D eigenvalue weighted by Crippen LogP contribution is -2.30. The highest BCUT2D eigenvalue weighted by atomic mass is 15.1. The number of nitrogens with one attached hydrogen (secondary N) is 1. The number of aryl methyl sites for hydroxylation is 1. The molecular weight excluding hydrogens is 212 g/mol. The molecule has 4 heteroatoms. The highest BCUT2D eigenvalue weighted by Crippen LogP contribution is 2.10. The van der Waals surface area contributed by atoms with Crippen molar-refractivity contribution >= 4 is 0 Å². The first kappa shape index (κ1) is 12.5. The van der Waals surface area contributed by atoms with E-state index in [4.69, 9.17) is 0 Å². The number of hydrogen-bond donors (Lipinski definition) is 1. The van der Waals surface area contributed by atoms with Crippen molar-refractivity contribution in [2.75, 3.05) is 20.1 Å². The quantitative estimate of drug-likeness (QED) is 0.857. The van der Waals surface area contributed by atoms with Gasteiger partial charge in [-0.1, -0.05) is 0 Å². The average Bonchev–Trinajstić information content (AvgIpc) is 2.54. The molecule has 1 atom stereocenters. The minimum Gasteiger partial charge on any atom is -0.308 e. The topological polar surface area (TPSA) is 41.1 Å². The van der Waals surface area contributed by atoms with E-state index < -0.39 is 0 Å². The molecule has 0 bridgehead atoms. The van der Waals surface area contributed by atoms with Crippen LogP contribution in [-0.4, -0.2) is 41.0 Å². The first-order chi connectivity index (χ1) is 8.24. The number of likely N-dealkylation sites (tertiary alicyclic amines) is 1. The Morgan fingerprint density at radius 3 is 2.94 bits per heavy atom. The highest BCUT2D eigenvalue weighted by Gasteiger charge is 2.14. The molecule has 1 aromatic heterocycles. The van der Waals surface area contributed by atoms with Crippen LogP contribution in [0.1, 0.15) is 30.7 Å². The molecule has 2 rings (SSSR count). The zero-order valence-corrected chi connectivity index (χ0v) is 10.8. The lowest BCUT2D eigenvalue weighted by molar-refractivity contribution is 0.343. The molecule has 1 fully saturated rings. The van der Waals surface area contributed by atoms with E-state index in [1.807, 2.05) is 19.3 Å². The van der Waals surface area contributed by atoms with Crippen LogP contribution in [0.15, 0.2) is 12.4 Å². The monoisotopic (exact) mass is 234 g/mol. The predicted molar refractivity (Wildman–Crippen MR) is 68.7 cm³/mol. The molecule has 94 valence electrons. The zero-order chi connectivity index (χ0) is 12.1. The van der Waals surface area contributed by atoms with Gasteiger partial charge in [0, 0.05) is 25.0 Å². The maximum atomic E-state index is 4.37. The fourth-order valence-electron chi connectivity index (χ4n) is 2.20. The third-order valence-corrected chi connectivity index (χ3v) is 3.36. The van der Waals surface area contributed by atoms with Gasteiger partial charge in [0.2, 0.25) is 0 Å². The van der Waals surface area contributed by atoms with Crippen molar-refractivity contribution in [1.29, 1.82) is 0 Å². The van der Waals surface area contributed by atoms with Crippen LogP contribution in [0, 0.1) is 6.92 Å². The summed E-state index contributed by atoms with van der Waals surface area (Å²) in [5.74, 6) is 0. The highest BCUT2D eigenvalue weighted by molar-refractivity contribution is 5.00. The molecule has 1 aliphatic heterocycles. The van der Waals surface area contributed by atoms with Gasteiger partial charge in [0.1, 0.15) is 0 Å². The molecule has 0 amide bonds. The fraction of sp³-hybridized carbons (Fsp3) is 0.692. The Morgan fingerprint density at radius 2 is 2.18 bits per heavy atom. The summed E-state index contributed by atoms with van der Waals surface area (Å²) < 4.78 is 0. The zero-order valence-electron chi connectivity index (χ0n) is 10.8. The maximum absolute atomic E-state index is 4.37. The second-order valence-electron chi connectivity index (χ2n) is 4.96. The standard InChI is InChI=1S/C13H22N4/c1-11-8-15-13(9-14-11)10-16-12-4-3-6-17(2)7-5-12/h8-9,12,16H,3-7,10H2,1-2H3. The van der Waals surface area contributed by atoms with Gasteiger partial charge in [0.05, 0.1) is 11.4 Å². The van der Waals surface area contributed by atoms with E-state index in [0.717, 1.165) is 17.9 Å². The van der Waals surface area contributed by atoms with Gasteiger partial charge < -0.3 is 10.2 Å². The molecule has 0 radical (unpaired) electrons. The average molecular weight is 234 g/mol. The first-order valence-corrected chi connectivity index (χ1v) is 6.43. The van der Waals surface area contributed by atoms with Crippen LogP contribution in [0.2, 0.25) is 0 Å². The molecule has 0 spiro atoms. The van der Waals surface area contributed by atoms with Crippen molar-refractivity contribution in [1.82, 2.24) is 20.2 Å². The number of nitrogens with zero attached hydrogens (tertiary/aromatic N) is 3. The lowest BCUT2D eigenvalue weighted by atomic mass is 10.1. The number of hydrogen-bond acceptors (Lipinski definition) is 4. The summed E-state index contributed by atoms with van der Waals surface area (Å²) in [5, 5.41) is 3.59. The Bertz CT molecular complexity index is 336. The summed E-state index contributed by atoms with van der Waals surface area (Å²) in [6.07, 6.45) is 7.48. The maximum Gasteiger partial charge on any atom is 0.0724 e. The molecule has 0 saturated carbocycles. The lowest BCUT2D eigenvalue weighted by Gasteiger charge is -2.16. The van der Waals surface area contributed by atoms with Crippen LogP contribution in [-0.2, 0) is 6.54 Å². The largest absolute Gasteiger partial charge is 0.308 e. The summed E-state index contributed by atoms with van der Waals surface area (Å²) >= 11 is 0. The van der Waals surface area contributed by atoms with E-state index in [0.29, 0.717) is 6.04 Å². The van der Waals surface area contributed by atoms with Crippen LogP contribution in [0.25, 0.3) is 0 Å². The van der Waals surface area contributed by atoms with Gasteiger partial charge in [0.15, 0.2) is 0 Å². The number of aromatic nitrogens is 2. The van der Waals surface area contributed by atoms with E-state index in [1.165, 1.54) is 32.4 Å². The van der Waals surface area contributed by atoms with Gasteiger partial charge in [-0.15, -0.1) is 0 Å². The molecule has 17 heavy (non-hydrogen) atoms. The van der Waals surface area contributed by atoms with E-state index in [9.17, 15) is 0 Å². The molecule has 0 aliphatic carbocycles. The third-order valence-electron chi connectivity index (χ3n) is 3.36. The molecule has 4 nitrogen and oxygen atoms in total. The summed E-state index contributed by atoms with van der Waals surface area (Å²) in [7, 11) is 2.20. The van der Waals surface area contributed by atoms with E-state index in [2.05, 4.69) is 27.2 Å². The van der Waals surface area contributed by atoms with Crippen LogP contribution in [0.5, 0.6) is 0 Å². The Labute approximate surface area is 103 Å². The van der Waals surface area contributed by atoms with Gasteiger partial charge in [-0.05, 0) is 46.3 Å². The third kappa shape index (κ3) is 4.06. The molecule has 1 saturated heterocycles. The van der Waals surface area contributed by atoms with Gasteiger partial charge in [-0.2, -0.15) is 0 Å². The molecule has 1 aliphatic rings. The van der Waals surface area contributed by atoms with Gasteiger partial charge in [-0.3, -0.25) is 9.97 Å². The Morgan fingerprint density at radius 1 is 1.29 bits per heavy atom. The molecule has 0 aromatic carbocycles. The second kappa shape index (κ2) is 6.07. The second-order valence-corrected chi connectivity index (χ2v) is 4.96. The van der Waals surface area contributed by atoms with Crippen molar-refractivity contribution in [2.24, 2.45) is 0 Å². The normalized spacial score (nSPS) is 22.4. The molecule has 1 aromatic rings. The van der Waals surface area contributed by atoms with Crippen molar-refractivity contribution in [2.45, 2.75) is 38.8 Å². The van der Waals surface area contributed by atoms with Crippen molar-refractivity contribution in [3.8, 4) is 0 Å². The SMILES string of the molecule is Cc1cnc(CNC2CCCN(C)CC2)cn1.